The van der Waals surface area contributed by atoms with Crippen LogP contribution >= 0.6 is 0 Å². The van der Waals surface area contributed by atoms with Crippen LogP contribution in [0.3, 0.4) is 0 Å². The molecule has 0 unspecified atom stereocenters. The van der Waals surface area contributed by atoms with Crippen LogP contribution in [0.15, 0.2) is 41.5 Å². The Morgan fingerprint density at radius 3 is 2.93 bits per heavy atom. The highest BCUT2D eigenvalue weighted by Gasteiger charge is 2.01. The van der Waals surface area contributed by atoms with E-state index in [0.717, 1.165) is 5.01 Å². The van der Waals surface area contributed by atoms with Crippen LogP contribution in [0, 0.1) is 0 Å². The summed E-state index contributed by atoms with van der Waals surface area (Å²) in [7, 11) is 5.27. The molecule has 1 heterocycles. The molecular formula is C9H8BN3O. The van der Waals surface area contributed by atoms with Crippen molar-refractivity contribution in [3.63, 3.8) is 0 Å². The standard InChI is InChI=1S/C9H8BN3O/c1-8(10)6-12-13(7-14)9-4-2-3-5-11-9/h2-7H,1H2/b12-6-. The first-order chi connectivity index (χ1) is 6.74. The second-order valence-electron chi connectivity index (χ2n) is 2.46. The number of aromatic nitrogens is 1. The lowest BCUT2D eigenvalue weighted by Crippen LogP contribution is -2.14. The summed E-state index contributed by atoms with van der Waals surface area (Å²) in [6.07, 6.45) is 3.39. The molecule has 4 nitrogen and oxygen atoms in total. The van der Waals surface area contributed by atoms with Crippen LogP contribution in [0.2, 0.25) is 0 Å². The summed E-state index contributed by atoms with van der Waals surface area (Å²) >= 11 is 0. The van der Waals surface area contributed by atoms with Crippen LogP contribution in [-0.2, 0) is 4.79 Å². The van der Waals surface area contributed by atoms with Crippen molar-refractivity contribution in [3.05, 3.63) is 36.4 Å². The van der Waals surface area contributed by atoms with Gasteiger partial charge in [-0.05, 0) is 12.1 Å². The molecule has 0 atom stereocenters. The number of rotatable bonds is 4. The number of hydrazone groups is 1. The van der Waals surface area contributed by atoms with Gasteiger partial charge in [0.05, 0.1) is 0 Å². The molecule has 0 aliphatic heterocycles. The summed E-state index contributed by atoms with van der Waals surface area (Å²) in [5, 5.41) is 4.83. The number of carbonyl (C=O) groups is 1. The van der Waals surface area contributed by atoms with Crippen molar-refractivity contribution in [2.45, 2.75) is 0 Å². The minimum absolute atomic E-state index is 0.271. The topological polar surface area (TPSA) is 45.6 Å². The molecule has 0 bridgehead atoms. The van der Waals surface area contributed by atoms with Crippen LogP contribution in [0.25, 0.3) is 0 Å². The van der Waals surface area contributed by atoms with Crippen molar-refractivity contribution in [2.24, 2.45) is 5.10 Å². The summed E-state index contributed by atoms with van der Waals surface area (Å²) in [6.45, 7) is 3.42. The fourth-order valence-corrected chi connectivity index (χ4v) is 0.766. The van der Waals surface area contributed by atoms with E-state index in [2.05, 4.69) is 16.7 Å². The van der Waals surface area contributed by atoms with Gasteiger partial charge in [0.15, 0.2) is 5.82 Å². The molecule has 14 heavy (non-hydrogen) atoms. The Balaban J connectivity index is 2.83. The molecule has 1 aromatic heterocycles. The number of allylic oxidation sites excluding steroid dienone is 1. The third-order valence-corrected chi connectivity index (χ3v) is 1.33. The van der Waals surface area contributed by atoms with Crippen LogP contribution < -0.4 is 5.01 Å². The van der Waals surface area contributed by atoms with E-state index in [4.69, 9.17) is 7.85 Å². The Labute approximate surface area is 83.4 Å². The lowest BCUT2D eigenvalue weighted by Gasteiger charge is -2.08. The Morgan fingerprint density at radius 1 is 1.64 bits per heavy atom. The van der Waals surface area contributed by atoms with Gasteiger partial charge in [-0.1, -0.05) is 11.5 Å². The Bertz CT molecular complexity index is 350. The molecule has 0 aliphatic carbocycles. The average Bonchev–Trinajstić information content (AvgIpc) is 2.20. The van der Waals surface area contributed by atoms with Crippen LogP contribution in [-0.4, -0.2) is 25.5 Å². The predicted octanol–water partition coefficient (Wildman–Crippen LogP) is 0.712. The molecule has 5 heteroatoms. The van der Waals surface area contributed by atoms with Gasteiger partial charge in [0, 0.05) is 12.4 Å². The number of hydrogen-bond donors (Lipinski definition) is 0. The van der Waals surface area contributed by atoms with Gasteiger partial charge in [0.2, 0.25) is 6.41 Å². The first kappa shape index (κ1) is 10.2. The SMILES string of the molecule is [B]C(=C)/C=N\N(C=O)c1ccccn1. The highest BCUT2D eigenvalue weighted by molar-refractivity contribution is 6.32. The quantitative estimate of drug-likeness (QED) is 0.300. The maximum absolute atomic E-state index is 10.6. The Hall–Kier alpha value is -1.91. The molecule has 0 aromatic carbocycles. The summed E-state index contributed by atoms with van der Waals surface area (Å²) in [5.74, 6) is 0.431. The lowest BCUT2D eigenvalue weighted by atomic mass is 10.00. The lowest BCUT2D eigenvalue weighted by molar-refractivity contribution is -0.107. The molecule has 0 saturated heterocycles. The van der Waals surface area contributed by atoms with E-state index >= 15 is 0 Å². The van der Waals surface area contributed by atoms with Gasteiger partial charge in [-0.3, -0.25) is 4.79 Å². The van der Waals surface area contributed by atoms with Gasteiger partial charge >= 0.3 is 0 Å². The maximum Gasteiger partial charge on any atom is 0.236 e. The summed E-state index contributed by atoms with van der Waals surface area (Å²) in [6, 6.07) is 5.16. The maximum atomic E-state index is 10.6. The predicted molar refractivity (Wildman–Crippen MR) is 56.2 cm³/mol. The molecule has 2 radical (unpaired) electrons. The summed E-state index contributed by atoms with van der Waals surface area (Å²) in [5.41, 5.74) is 0.271. The van der Waals surface area contributed by atoms with E-state index in [1.54, 1.807) is 24.4 Å². The van der Waals surface area contributed by atoms with Crippen molar-refractivity contribution in [3.8, 4) is 0 Å². The molecular weight excluding hydrogens is 177 g/mol. The Morgan fingerprint density at radius 2 is 2.43 bits per heavy atom. The number of anilines is 1. The average molecular weight is 185 g/mol. The number of carbonyl (C=O) groups excluding carboxylic acids is 1. The van der Waals surface area contributed by atoms with Crippen molar-refractivity contribution in [1.29, 1.82) is 0 Å². The van der Waals surface area contributed by atoms with Crippen molar-refractivity contribution in [1.82, 2.24) is 4.98 Å². The number of pyridine rings is 1. The summed E-state index contributed by atoms with van der Waals surface area (Å²) < 4.78 is 0. The molecule has 1 amide bonds. The molecule has 0 spiro atoms. The molecule has 1 aromatic rings. The first-order valence-electron chi connectivity index (χ1n) is 3.88. The van der Waals surface area contributed by atoms with Gasteiger partial charge in [0.25, 0.3) is 0 Å². The third-order valence-electron chi connectivity index (χ3n) is 1.33. The fourth-order valence-electron chi connectivity index (χ4n) is 0.766. The first-order valence-corrected chi connectivity index (χ1v) is 3.88. The van der Waals surface area contributed by atoms with E-state index in [1.165, 1.54) is 6.21 Å². The fraction of sp³-hybridized carbons (Fsp3) is 0. The molecule has 68 valence electrons. The number of nitrogens with zero attached hydrogens (tertiary/aromatic N) is 3. The smallest absolute Gasteiger partial charge is 0.236 e. The van der Waals surface area contributed by atoms with E-state index in [-0.39, 0.29) is 5.47 Å². The zero-order chi connectivity index (χ0) is 10.4. The van der Waals surface area contributed by atoms with Crippen molar-refractivity contribution < 1.29 is 4.79 Å². The highest BCUT2D eigenvalue weighted by Crippen LogP contribution is 2.06. The van der Waals surface area contributed by atoms with Gasteiger partial charge in [-0.2, -0.15) is 10.1 Å². The Kier molecular flexibility index (Phi) is 3.61. The molecule has 1 rings (SSSR count). The van der Waals surface area contributed by atoms with Gasteiger partial charge in [0.1, 0.15) is 7.85 Å². The summed E-state index contributed by atoms with van der Waals surface area (Å²) in [4.78, 5) is 14.6. The van der Waals surface area contributed by atoms with Gasteiger partial charge in [-0.15, -0.1) is 6.58 Å². The van der Waals surface area contributed by atoms with E-state index in [0.29, 0.717) is 12.2 Å². The van der Waals surface area contributed by atoms with Crippen molar-refractivity contribution in [2.75, 3.05) is 5.01 Å². The van der Waals surface area contributed by atoms with E-state index in [1.807, 2.05) is 0 Å². The number of amides is 1. The van der Waals surface area contributed by atoms with Gasteiger partial charge in [-0.25, -0.2) is 4.98 Å². The molecule has 0 fully saturated rings. The zero-order valence-corrected chi connectivity index (χ0v) is 7.50. The second kappa shape index (κ2) is 4.96. The van der Waals surface area contributed by atoms with E-state index in [9.17, 15) is 4.79 Å². The minimum Gasteiger partial charge on any atom is -0.276 e. The highest BCUT2D eigenvalue weighted by atomic mass is 16.1. The van der Waals surface area contributed by atoms with Crippen LogP contribution in [0.1, 0.15) is 0 Å². The number of hydrogen-bond acceptors (Lipinski definition) is 3. The minimum atomic E-state index is 0.271. The van der Waals surface area contributed by atoms with Crippen LogP contribution in [0.5, 0.6) is 0 Å². The van der Waals surface area contributed by atoms with E-state index < -0.39 is 0 Å². The molecule has 0 saturated carbocycles. The molecule has 0 aliphatic rings. The largest absolute Gasteiger partial charge is 0.276 e. The third kappa shape index (κ3) is 2.86. The normalized spacial score (nSPS) is 10.0. The second-order valence-corrected chi connectivity index (χ2v) is 2.46. The monoisotopic (exact) mass is 185 g/mol. The van der Waals surface area contributed by atoms with Crippen LogP contribution in [0.4, 0.5) is 5.82 Å². The zero-order valence-electron chi connectivity index (χ0n) is 7.50. The molecule has 0 N–H and O–H groups in total. The van der Waals surface area contributed by atoms with Crippen molar-refractivity contribution >= 4 is 26.3 Å². The van der Waals surface area contributed by atoms with Gasteiger partial charge < -0.3 is 0 Å².